The van der Waals surface area contributed by atoms with Gasteiger partial charge in [0.05, 0.1) is 13.2 Å². The van der Waals surface area contributed by atoms with Crippen LogP contribution in [-0.4, -0.2) is 12.9 Å². The molecule has 3 nitrogen and oxygen atoms in total. The van der Waals surface area contributed by atoms with E-state index in [2.05, 4.69) is 5.32 Å². The van der Waals surface area contributed by atoms with Gasteiger partial charge in [0.1, 0.15) is 5.75 Å². The third-order valence-corrected chi connectivity index (χ3v) is 4.44. The summed E-state index contributed by atoms with van der Waals surface area (Å²) in [5, 5.41) is 4.12. The molecule has 0 bridgehead atoms. The maximum atomic E-state index is 12.8. The maximum absolute atomic E-state index is 12.8. The lowest BCUT2D eigenvalue weighted by atomic mass is 9.97. The van der Waals surface area contributed by atoms with Crippen LogP contribution in [0, 0.1) is 0 Å². The fraction of sp³-hybridized carbons (Fsp3) is 0.136. The minimum atomic E-state index is -0.132. The van der Waals surface area contributed by atoms with Crippen LogP contribution in [0.5, 0.6) is 5.75 Å². The Balaban J connectivity index is 1.80. The Labute approximate surface area is 158 Å². The molecule has 3 aromatic rings. The van der Waals surface area contributed by atoms with Crippen LogP contribution in [0.15, 0.2) is 78.9 Å². The Morgan fingerprint density at radius 1 is 0.962 bits per heavy atom. The van der Waals surface area contributed by atoms with Gasteiger partial charge in [0.15, 0.2) is 5.78 Å². The molecule has 0 saturated heterocycles. The third-order valence-electron chi connectivity index (χ3n) is 4.19. The average Bonchev–Trinajstić information content (AvgIpc) is 2.70. The number of ketones is 1. The van der Waals surface area contributed by atoms with Crippen molar-refractivity contribution in [1.29, 1.82) is 0 Å². The number of nitrogens with one attached hydrogen (secondary N) is 1. The Hall–Kier alpha value is -2.78. The zero-order valence-electron chi connectivity index (χ0n) is 14.5. The molecule has 0 radical (unpaired) electrons. The predicted molar refractivity (Wildman–Crippen MR) is 106 cm³/mol. The molecule has 0 amide bonds. The Kier molecular flexibility index (Phi) is 5.92. The van der Waals surface area contributed by atoms with E-state index in [0.717, 1.165) is 17.0 Å². The highest BCUT2D eigenvalue weighted by atomic mass is 35.5. The summed E-state index contributed by atoms with van der Waals surface area (Å²) >= 11 is 5.96. The molecule has 0 spiro atoms. The Bertz CT molecular complexity index is 846. The van der Waals surface area contributed by atoms with Crippen molar-refractivity contribution >= 4 is 23.1 Å². The van der Waals surface area contributed by atoms with E-state index in [4.69, 9.17) is 16.3 Å². The highest BCUT2D eigenvalue weighted by Gasteiger charge is 2.17. The molecule has 0 aliphatic heterocycles. The van der Waals surface area contributed by atoms with E-state index in [1.54, 1.807) is 31.4 Å². The fourth-order valence-corrected chi connectivity index (χ4v) is 2.89. The van der Waals surface area contributed by atoms with E-state index in [1.165, 1.54) is 0 Å². The molecule has 0 aliphatic rings. The minimum Gasteiger partial charge on any atom is -0.497 e. The number of hydrogen-bond acceptors (Lipinski definition) is 3. The molecular weight excluding hydrogens is 346 g/mol. The normalized spacial score (nSPS) is 11.6. The first-order valence-electron chi connectivity index (χ1n) is 8.40. The number of ether oxygens (including phenoxy) is 1. The summed E-state index contributed by atoms with van der Waals surface area (Å²) in [6, 6.07) is 24.5. The number of halogens is 1. The van der Waals surface area contributed by atoms with Crippen molar-refractivity contribution in [2.24, 2.45) is 0 Å². The summed E-state index contributed by atoms with van der Waals surface area (Å²) in [6.45, 7) is 0. The zero-order valence-corrected chi connectivity index (χ0v) is 15.2. The largest absolute Gasteiger partial charge is 0.497 e. The SMILES string of the molecule is COc1ccc(C(=O)CC(Nc2ccc(Cl)cc2)c2ccccc2)cc1. The van der Waals surface area contributed by atoms with Gasteiger partial charge in [-0.1, -0.05) is 41.9 Å². The summed E-state index contributed by atoms with van der Waals surface area (Å²) in [7, 11) is 1.61. The molecule has 1 atom stereocenters. The number of carbonyl (C=O) groups is 1. The molecule has 0 aliphatic carbocycles. The van der Waals surface area contributed by atoms with E-state index < -0.39 is 0 Å². The van der Waals surface area contributed by atoms with Crippen molar-refractivity contribution < 1.29 is 9.53 Å². The summed E-state index contributed by atoms with van der Waals surface area (Å²) in [6.07, 6.45) is 0.346. The van der Waals surface area contributed by atoms with Gasteiger partial charge in [-0.3, -0.25) is 4.79 Å². The highest BCUT2D eigenvalue weighted by molar-refractivity contribution is 6.30. The lowest BCUT2D eigenvalue weighted by molar-refractivity contribution is 0.0976. The lowest BCUT2D eigenvalue weighted by Gasteiger charge is -2.20. The third kappa shape index (κ3) is 4.64. The molecule has 0 fully saturated rings. The van der Waals surface area contributed by atoms with Crippen molar-refractivity contribution in [3.8, 4) is 5.75 Å². The maximum Gasteiger partial charge on any atom is 0.165 e. The smallest absolute Gasteiger partial charge is 0.165 e. The predicted octanol–water partition coefficient (Wildman–Crippen LogP) is 5.77. The molecule has 0 saturated carbocycles. The molecule has 3 rings (SSSR count). The van der Waals surface area contributed by atoms with Gasteiger partial charge in [-0.15, -0.1) is 0 Å². The number of Topliss-reactive ketones (excluding diaryl/α,β-unsaturated/α-hetero) is 1. The lowest BCUT2D eigenvalue weighted by Crippen LogP contribution is -2.15. The van der Waals surface area contributed by atoms with Crippen molar-refractivity contribution in [2.75, 3.05) is 12.4 Å². The molecule has 26 heavy (non-hydrogen) atoms. The summed E-state index contributed by atoms with van der Waals surface area (Å²) < 4.78 is 5.15. The molecule has 1 N–H and O–H groups in total. The van der Waals surface area contributed by atoms with Gasteiger partial charge in [-0.2, -0.15) is 0 Å². The van der Waals surface area contributed by atoms with Crippen LogP contribution in [0.3, 0.4) is 0 Å². The zero-order chi connectivity index (χ0) is 18.4. The molecule has 4 heteroatoms. The molecule has 0 heterocycles. The van der Waals surface area contributed by atoms with Gasteiger partial charge in [0.25, 0.3) is 0 Å². The quantitative estimate of drug-likeness (QED) is 0.540. The Morgan fingerprint density at radius 2 is 1.62 bits per heavy atom. The number of hydrogen-bond donors (Lipinski definition) is 1. The van der Waals surface area contributed by atoms with Crippen molar-refractivity contribution in [2.45, 2.75) is 12.5 Å². The fourth-order valence-electron chi connectivity index (χ4n) is 2.77. The van der Waals surface area contributed by atoms with E-state index in [-0.39, 0.29) is 11.8 Å². The first kappa shape index (κ1) is 18.0. The van der Waals surface area contributed by atoms with Gasteiger partial charge in [-0.05, 0) is 54.1 Å². The van der Waals surface area contributed by atoms with Gasteiger partial charge >= 0.3 is 0 Å². The number of carbonyl (C=O) groups excluding carboxylic acids is 1. The van der Waals surface area contributed by atoms with Crippen LogP contribution >= 0.6 is 11.6 Å². The monoisotopic (exact) mass is 365 g/mol. The van der Waals surface area contributed by atoms with Crippen LogP contribution in [-0.2, 0) is 0 Å². The van der Waals surface area contributed by atoms with Gasteiger partial charge < -0.3 is 10.1 Å². The molecule has 3 aromatic carbocycles. The Morgan fingerprint density at radius 3 is 2.23 bits per heavy atom. The van der Waals surface area contributed by atoms with E-state index in [0.29, 0.717) is 17.0 Å². The number of rotatable bonds is 7. The molecule has 132 valence electrons. The molecular formula is C22H20ClNO2. The standard InChI is InChI=1S/C22H20ClNO2/c1-26-20-13-7-17(8-14-20)22(25)15-21(16-5-3-2-4-6-16)24-19-11-9-18(23)10-12-19/h2-14,21,24H,15H2,1H3. The van der Waals surface area contributed by atoms with Crippen LogP contribution in [0.2, 0.25) is 5.02 Å². The van der Waals surface area contributed by atoms with Crippen LogP contribution in [0.25, 0.3) is 0 Å². The van der Waals surface area contributed by atoms with E-state index in [9.17, 15) is 4.79 Å². The first-order chi connectivity index (χ1) is 12.7. The molecule has 1 unspecified atom stereocenters. The summed E-state index contributed by atoms with van der Waals surface area (Å²) in [4.78, 5) is 12.8. The van der Waals surface area contributed by atoms with Gasteiger partial charge in [-0.25, -0.2) is 0 Å². The average molecular weight is 366 g/mol. The van der Waals surface area contributed by atoms with E-state index in [1.807, 2.05) is 54.6 Å². The van der Waals surface area contributed by atoms with Crippen LogP contribution in [0.4, 0.5) is 5.69 Å². The summed E-state index contributed by atoms with van der Waals surface area (Å²) in [5.74, 6) is 0.809. The second-order valence-electron chi connectivity index (χ2n) is 5.97. The van der Waals surface area contributed by atoms with Crippen LogP contribution < -0.4 is 10.1 Å². The minimum absolute atomic E-state index is 0.0722. The van der Waals surface area contributed by atoms with Crippen molar-refractivity contribution in [3.05, 3.63) is 95.0 Å². The number of methoxy groups -OCH3 is 1. The van der Waals surface area contributed by atoms with Gasteiger partial charge in [0, 0.05) is 22.7 Å². The van der Waals surface area contributed by atoms with Gasteiger partial charge in [0.2, 0.25) is 0 Å². The summed E-state index contributed by atoms with van der Waals surface area (Å²) in [5.41, 5.74) is 2.65. The van der Waals surface area contributed by atoms with Crippen molar-refractivity contribution in [3.63, 3.8) is 0 Å². The van der Waals surface area contributed by atoms with E-state index >= 15 is 0 Å². The number of benzene rings is 3. The second kappa shape index (κ2) is 8.54. The molecule has 0 aromatic heterocycles. The van der Waals surface area contributed by atoms with Crippen molar-refractivity contribution in [1.82, 2.24) is 0 Å². The second-order valence-corrected chi connectivity index (χ2v) is 6.41. The number of anilines is 1. The topological polar surface area (TPSA) is 38.3 Å². The highest BCUT2D eigenvalue weighted by Crippen LogP contribution is 2.26. The first-order valence-corrected chi connectivity index (χ1v) is 8.78. The van der Waals surface area contributed by atoms with Crippen LogP contribution in [0.1, 0.15) is 28.4 Å².